The fourth-order valence-electron chi connectivity index (χ4n) is 5.82. The molecule has 1 aliphatic heterocycles. The Balaban J connectivity index is 1.38. The summed E-state index contributed by atoms with van der Waals surface area (Å²) in [6.45, 7) is 4.38. The summed E-state index contributed by atoms with van der Waals surface area (Å²) in [5, 5.41) is 7.64. The topological polar surface area (TPSA) is 104 Å². The molecule has 216 valence electrons. The van der Waals surface area contributed by atoms with Crippen LogP contribution in [0, 0.1) is 11.8 Å². The maximum Gasteiger partial charge on any atom is 0.247 e. The quantitative estimate of drug-likeness (QED) is 0.331. The van der Waals surface area contributed by atoms with Crippen LogP contribution in [0.1, 0.15) is 65.2 Å². The second-order valence-corrected chi connectivity index (χ2v) is 12.2. The number of benzene rings is 1. The number of likely N-dealkylation sites (tertiary alicyclic amines) is 1. The number of aromatic nitrogens is 2. The highest BCUT2D eigenvalue weighted by Crippen LogP contribution is 2.38. The fraction of sp³-hybridized carbons (Fsp3) is 0.469. The highest BCUT2D eigenvalue weighted by atomic mass is 32.1. The lowest BCUT2D eigenvalue weighted by molar-refractivity contribution is -0.142. The number of nitrogens with zero attached hydrogens (tertiary/aromatic N) is 3. The van der Waals surface area contributed by atoms with Crippen LogP contribution in [0.25, 0.3) is 21.8 Å². The Morgan fingerprint density at radius 3 is 2.46 bits per heavy atom. The van der Waals surface area contributed by atoms with E-state index in [0.29, 0.717) is 30.1 Å². The van der Waals surface area contributed by atoms with Gasteiger partial charge in [-0.1, -0.05) is 74.8 Å². The number of carbonyl (C=O) groups is 3. The molecule has 8 nitrogen and oxygen atoms in total. The summed E-state index contributed by atoms with van der Waals surface area (Å²) in [5.41, 5.74) is 2.47. The van der Waals surface area contributed by atoms with Crippen molar-refractivity contribution in [3.05, 3.63) is 54.9 Å². The maximum absolute atomic E-state index is 14.1. The zero-order chi connectivity index (χ0) is 28.8. The van der Waals surface area contributed by atoms with Gasteiger partial charge in [0.05, 0.1) is 0 Å². The van der Waals surface area contributed by atoms with Crippen molar-refractivity contribution >= 4 is 34.1 Å². The number of hydrogen-bond donors (Lipinski definition) is 2. The van der Waals surface area contributed by atoms with Crippen molar-refractivity contribution in [3.63, 3.8) is 0 Å². The molecule has 1 aliphatic carbocycles. The van der Waals surface area contributed by atoms with Crippen LogP contribution in [0.3, 0.4) is 0 Å². The van der Waals surface area contributed by atoms with Gasteiger partial charge in [-0.15, -0.1) is 0 Å². The molecule has 2 fully saturated rings. The molecule has 1 saturated carbocycles. The van der Waals surface area contributed by atoms with Gasteiger partial charge in [-0.3, -0.25) is 19.4 Å². The number of nitrogens with one attached hydrogen (secondary N) is 2. The van der Waals surface area contributed by atoms with E-state index in [-0.39, 0.29) is 29.6 Å². The zero-order valence-corrected chi connectivity index (χ0v) is 24.7. The standard InChI is InChI=1S/C32H39N5O3S/c1-3-21(2)28(38)34-27(23-14-8-5-9-15-23)32(40)37-19-11-17-25(37)29(39)36-31-26(22-12-6-4-7-13-22)35-30(41-31)24-16-10-18-33-20-24/h4,6-7,10,12-13,16,18,20-21,23,25,27H,3,5,8-9,11,14-15,17,19H2,1-2H3,(H,34,38)(H,36,39)/t21-,25+,27+/m1/s1. The molecule has 3 heterocycles. The first-order chi connectivity index (χ1) is 20.0. The van der Waals surface area contributed by atoms with E-state index in [4.69, 9.17) is 4.98 Å². The summed E-state index contributed by atoms with van der Waals surface area (Å²) in [6.07, 6.45) is 10.6. The molecule has 2 aliphatic rings. The molecule has 0 unspecified atom stereocenters. The Bertz CT molecular complexity index is 1340. The van der Waals surface area contributed by atoms with Gasteiger partial charge in [0, 0.05) is 36.0 Å². The molecule has 0 bridgehead atoms. The van der Waals surface area contributed by atoms with Gasteiger partial charge in [-0.05, 0) is 50.2 Å². The average Bonchev–Trinajstić information content (AvgIpc) is 3.68. The molecule has 2 aromatic heterocycles. The Morgan fingerprint density at radius 1 is 1.00 bits per heavy atom. The zero-order valence-electron chi connectivity index (χ0n) is 23.8. The van der Waals surface area contributed by atoms with Crippen LogP contribution in [-0.4, -0.2) is 51.2 Å². The van der Waals surface area contributed by atoms with Gasteiger partial charge < -0.3 is 15.5 Å². The highest BCUT2D eigenvalue weighted by molar-refractivity contribution is 7.19. The van der Waals surface area contributed by atoms with Crippen molar-refractivity contribution in [3.8, 4) is 21.8 Å². The molecule has 0 spiro atoms. The van der Waals surface area contributed by atoms with E-state index in [1.54, 1.807) is 17.3 Å². The normalized spacial score (nSPS) is 19.0. The summed E-state index contributed by atoms with van der Waals surface area (Å²) in [4.78, 5) is 51.6. The number of rotatable bonds is 9. The molecule has 1 saturated heterocycles. The molecule has 41 heavy (non-hydrogen) atoms. The molecule has 1 aromatic carbocycles. The summed E-state index contributed by atoms with van der Waals surface area (Å²) in [6, 6.07) is 12.4. The SMILES string of the molecule is CC[C@@H](C)C(=O)N[C@H](C(=O)N1CCC[C@H]1C(=O)Nc1sc(-c2cccnc2)nc1-c1ccccc1)C1CCCCC1. The van der Waals surface area contributed by atoms with Crippen LogP contribution in [0.5, 0.6) is 0 Å². The Hall–Kier alpha value is -3.59. The number of thiazole rings is 1. The van der Waals surface area contributed by atoms with Crippen LogP contribution in [-0.2, 0) is 14.4 Å². The van der Waals surface area contributed by atoms with Gasteiger partial charge in [0.25, 0.3) is 0 Å². The largest absolute Gasteiger partial charge is 0.344 e. The van der Waals surface area contributed by atoms with E-state index >= 15 is 0 Å². The third kappa shape index (κ3) is 6.67. The predicted molar refractivity (Wildman–Crippen MR) is 162 cm³/mol. The number of anilines is 1. The van der Waals surface area contributed by atoms with Crippen molar-refractivity contribution in [2.45, 2.75) is 77.3 Å². The van der Waals surface area contributed by atoms with Crippen LogP contribution in [0.2, 0.25) is 0 Å². The Kier molecular flexibility index (Phi) is 9.44. The van der Waals surface area contributed by atoms with Crippen LogP contribution in [0.4, 0.5) is 5.00 Å². The molecule has 3 aromatic rings. The molecular formula is C32H39N5O3S. The Labute approximate surface area is 246 Å². The van der Waals surface area contributed by atoms with Gasteiger partial charge in [-0.2, -0.15) is 0 Å². The first-order valence-electron chi connectivity index (χ1n) is 14.8. The molecule has 5 rings (SSSR count). The van der Waals surface area contributed by atoms with E-state index in [1.165, 1.54) is 11.3 Å². The van der Waals surface area contributed by atoms with Crippen molar-refractivity contribution < 1.29 is 14.4 Å². The lowest BCUT2D eigenvalue weighted by Crippen LogP contribution is -2.56. The summed E-state index contributed by atoms with van der Waals surface area (Å²) in [7, 11) is 0. The summed E-state index contributed by atoms with van der Waals surface area (Å²) >= 11 is 1.40. The first kappa shape index (κ1) is 28.9. The van der Waals surface area contributed by atoms with Gasteiger partial charge in [-0.25, -0.2) is 4.98 Å². The lowest BCUT2D eigenvalue weighted by atomic mass is 9.83. The predicted octanol–water partition coefficient (Wildman–Crippen LogP) is 5.91. The number of amides is 3. The van der Waals surface area contributed by atoms with Crippen LogP contribution >= 0.6 is 11.3 Å². The van der Waals surface area contributed by atoms with Crippen LogP contribution < -0.4 is 10.6 Å². The van der Waals surface area contributed by atoms with Crippen LogP contribution in [0.15, 0.2) is 54.9 Å². The van der Waals surface area contributed by atoms with Gasteiger partial charge >= 0.3 is 0 Å². The van der Waals surface area contributed by atoms with E-state index in [1.807, 2.05) is 56.3 Å². The van der Waals surface area contributed by atoms with Crippen molar-refractivity contribution in [2.24, 2.45) is 11.8 Å². The van der Waals surface area contributed by atoms with Gasteiger partial charge in [0.2, 0.25) is 17.7 Å². The fourth-order valence-corrected chi connectivity index (χ4v) is 6.80. The third-order valence-corrected chi connectivity index (χ3v) is 9.42. The van der Waals surface area contributed by atoms with Crippen molar-refractivity contribution in [2.75, 3.05) is 11.9 Å². The minimum absolute atomic E-state index is 0.0864. The lowest BCUT2D eigenvalue weighted by Gasteiger charge is -2.35. The molecule has 0 radical (unpaired) electrons. The second kappa shape index (κ2) is 13.4. The monoisotopic (exact) mass is 573 g/mol. The maximum atomic E-state index is 14.1. The summed E-state index contributed by atoms with van der Waals surface area (Å²) in [5.74, 6) is -0.498. The number of carbonyl (C=O) groups excluding carboxylic acids is 3. The molecule has 3 amide bonds. The minimum atomic E-state index is -0.596. The van der Waals surface area contributed by atoms with Gasteiger partial charge in [0.15, 0.2) is 0 Å². The molecule has 9 heteroatoms. The number of hydrogen-bond acceptors (Lipinski definition) is 6. The van der Waals surface area contributed by atoms with E-state index in [9.17, 15) is 14.4 Å². The third-order valence-electron chi connectivity index (χ3n) is 8.40. The molecular weight excluding hydrogens is 534 g/mol. The smallest absolute Gasteiger partial charge is 0.247 e. The minimum Gasteiger partial charge on any atom is -0.344 e. The second-order valence-electron chi connectivity index (χ2n) is 11.2. The average molecular weight is 574 g/mol. The van der Waals surface area contributed by atoms with E-state index in [2.05, 4.69) is 15.6 Å². The number of pyridine rings is 1. The van der Waals surface area contributed by atoms with Crippen molar-refractivity contribution in [1.29, 1.82) is 0 Å². The summed E-state index contributed by atoms with van der Waals surface area (Å²) < 4.78 is 0. The van der Waals surface area contributed by atoms with E-state index in [0.717, 1.165) is 54.7 Å². The molecule has 2 N–H and O–H groups in total. The van der Waals surface area contributed by atoms with E-state index < -0.39 is 12.1 Å². The van der Waals surface area contributed by atoms with Gasteiger partial charge in [0.1, 0.15) is 27.8 Å². The van der Waals surface area contributed by atoms with Crippen molar-refractivity contribution in [1.82, 2.24) is 20.2 Å². The Morgan fingerprint density at radius 2 is 1.76 bits per heavy atom. The highest BCUT2D eigenvalue weighted by Gasteiger charge is 2.41. The molecule has 3 atom stereocenters. The first-order valence-corrected chi connectivity index (χ1v) is 15.7.